The molecule has 2 aromatic rings. The first-order valence-corrected chi connectivity index (χ1v) is 7.15. The first-order chi connectivity index (χ1) is 10.9. The molecule has 1 aromatic carbocycles. The number of aromatic nitrogens is 1. The van der Waals surface area contributed by atoms with Crippen molar-refractivity contribution in [2.75, 3.05) is 0 Å². The summed E-state index contributed by atoms with van der Waals surface area (Å²) in [6.45, 7) is 1.45. The molecule has 1 amide bonds. The molecule has 120 valence electrons. The van der Waals surface area contributed by atoms with Gasteiger partial charge in [-0.2, -0.15) is 0 Å². The summed E-state index contributed by atoms with van der Waals surface area (Å²) in [5.41, 5.74) is 0.00149. The predicted molar refractivity (Wildman–Crippen MR) is 85.4 cm³/mol. The van der Waals surface area contributed by atoms with Crippen LogP contribution < -0.4 is 10.9 Å². The summed E-state index contributed by atoms with van der Waals surface area (Å²) in [6.07, 6.45) is 1.04. The van der Waals surface area contributed by atoms with Gasteiger partial charge in [-0.05, 0) is 18.6 Å². The Morgan fingerprint density at radius 3 is 2.70 bits per heavy atom. The van der Waals surface area contributed by atoms with Gasteiger partial charge in [0.05, 0.1) is 17.2 Å². The highest BCUT2D eigenvalue weighted by molar-refractivity contribution is 6.31. The third-order valence-electron chi connectivity index (χ3n) is 3.24. The summed E-state index contributed by atoms with van der Waals surface area (Å²) < 4.78 is 0.993. The van der Waals surface area contributed by atoms with Crippen molar-refractivity contribution in [3.63, 3.8) is 0 Å². The van der Waals surface area contributed by atoms with E-state index in [1.165, 1.54) is 0 Å². The standard InChI is InChI=1S/C15H14ClN3O4/c1-10(12-4-2-3-5-13(12)16)17-14(20)9-18-8-11(19(22)23)6-7-15(18)21/h2-8,10H,9H2,1H3,(H,17,20)/t10-/m1/s1. The monoisotopic (exact) mass is 335 g/mol. The number of nitrogens with one attached hydrogen (secondary N) is 1. The van der Waals surface area contributed by atoms with Gasteiger partial charge in [-0.1, -0.05) is 29.8 Å². The number of amides is 1. The van der Waals surface area contributed by atoms with E-state index in [0.717, 1.165) is 28.5 Å². The van der Waals surface area contributed by atoms with Crippen molar-refractivity contribution < 1.29 is 9.72 Å². The number of benzene rings is 1. The summed E-state index contributed by atoms with van der Waals surface area (Å²) in [5.74, 6) is -0.444. The molecule has 0 spiro atoms. The summed E-state index contributed by atoms with van der Waals surface area (Å²) >= 11 is 6.06. The molecule has 7 nitrogen and oxygen atoms in total. The molecule has 0 unspecified atom stereocenters. The highest BCUT2D eigenvalue weighted by atomic mass is 35.5. The van der Waals surface area contributed by atoms with Crippen molar-refractivity contribution in [3.05, 3.63) is 73.6 Å². The molecule has 1 atom stereocenters. The van der Waals surface area contributed by atoms with Crippen LogP contribution in [0.4, 0.5) is 5.69 Å². The Kier molecular flexibility index (Phi) is 5.13. The lowest BCUT2D eigenvalue weighted by molar-refractivity contribution is -0.385. The van der Waals surface area contributed by atoms with Crippen molar-refractivity contribution in [2.24, 2.45) is 0 Å². The lowest BCUT2D eigenvalue weighted by atomic mass is 10.1. The van der Waals surface area contributed by atoms with Crippen molar-refractivity contribution in [2.45, 2.75) is 19.5 Å². The summed E-state index contributed by atoms with van der Waals surface area (Å²) in [6, 6.07) is 8.88. The van der Waals surface area contributed by atoms with Crippen LogP contribution in [-0.4, -0.2) is 15.4 Å². The van der Waals surface area contributed by atoms with Gasteiger partial charge in [0.2, 0.25) is 5.91 Å². The number of carbonyl (C=O) groups excluding carboxylic acids is 1. The van der Waals surface area contributed by atoms with Gasteiger partial charge in [-0.25, -0.2) is 0 Å². The zero-order valence-electron chi connectivity index (χ0n) is 12.2. The van der Waals surface area contributed by atoms with Gasteiger partial charge in [0, 0.05) is 17.2 Å². The molecule has 0 saturated heterocycles. The lowest BCUT2D eigenvalue weighted by Crippen LogP contribution is -2.33. The van der Waals surface area contributed by atoms with E-state index < -0.39 is 16.4 Å². The minimum Gasteiger partial charge on any atom is -0.348 e. The number of pyridine rings is 1. The molecule has 0 fully saturated rings. The van der Waals surface area contributed by atoms with Gasteiger partial charge in [-0.3, -0.25) is 24.3 Å². The van der Waals surface area contributed by atoms with Crippen LogP contribution in [0.15, 0.2) is 47.4 Å². The molecule has 0 aliphatic carbocycles. The number of hydrogen-bond donors (Lipinski definition) is 1. The number of halogens is 1. The predicted octanol–water partition coefficient (Wildman–Crippen LogP) is 2.29. The fourth-order valence-corrected chi connectivity index (χ4v) is 2.40. The quantitative estimate of drug-likeness (QED) is 0.670. The second kappa shape index (κ2) is 7.06. The maximum Gasteiger partial charge on any atom is 0.285 e. The number of hydrogen-bond acceptors (Lipinski definition) is 4. The van der Waals surface area contributed by atoms with Crippen molar-refractivity contribution in [3.8, 4) is 0 Å². The third kappa shape index (κ3) is 4.17. The van der Waals surface area contributed by atoms with Gasteiger partial charge in [0.1, 0.15) is 6.54 Å². The SMILES string of the molecule is C[C@@H](NC(=O)Cn1cc([N+](=O)[O-])ccc1=O)c1ccccc1Cl. The fourth-order valence-electron chi connectivity index (χ4n) is 2.10. The van der Waals surface area contributed by atoms with E-state index in [2.05, 4.69) is 5.32 Å². The smallest absolute Gasteiger partial charge is 0.285 e. The molecule has 1 aromatic heterocycles. The molecule has 23 heavy (non-hydrogen) atoms. The molecular weight excluding hydrogens is 322 g/mol. The van der Waals surface area contributed by atoms with Gasteiger partial charge < -0.3 is 5.32 Å². The summed E-state index contributed by atoms with van der Waals surface area (Å²) in [7, 11) is 0. The first-order valence-electron chi connectivity index (χ1n) is 6.77. The molecule has 8 heteroatoms. The first kappa shape index (κ1) is 16.7. The van der Waals surface area contributed by atoms with Gasteiger partial charge in [0.15, 0.2) is 0 Å². The Labute approximate surface area is 136 Å². The molecular formula is C15H14ClN3O4. The molecule has 2 rings (SSSR count). The topological polar surface area (TPSA) is 94.2 Å². The highest BCUT2D eigenvalue weighted by Gasteiger charge is 2.14. The van der Waals surface area contributed by atoms with Crippen LogP contribution in [-0.2, 0) is 11.3 Å². The molecule has 0 radical (unpaired) electrons. The molecule has 0 aliphatic rings. The Morgan fingerprint density at radius 1 is 1.35 bits per heavy atom. The van der Waals surface area contributed by atoms with E-state index in [1.54, 1.807) is 31.2 Å². The van der Waals surface area contributed by atoms with Crippen LogP contribution in [0.25, 0.3) is 0 Å². The van der Waals surface area contributed by atoms with Crippen molar-refractivity contribution in [1.82, 2.24) is 9.88 Å². The summed E-state index contributed by atoms with van der Waals surface area (Å²) in [5, 5.41) is 14.0. The molecule has 0 aliphatic heterocycles. The second-order valence-corrected chi connectivity index (χ2v) is 5.33. The Hall–Kier alpha value is -2.67. The molecule has 1 heterocycles. The van der Waals surface area contributed by atoms with Crippen LogP contribution in [0.2, 0.25) is 5.02 Å². The van der Waals surface area contributed by atoms with E-state index in [9.17, 15) is 19.7 Å². The minimum atomic E-state index is -0.625. The van der Waals surface area contributed by atoms with E-state index >= 15 is 0 Å². The Bertz CT molecular complexity index is 803. The van der Waals surface area contributed by atoms with Crippen LogP contribution in [0.3, 0.4) is 0 Å². The average Bonchev–Trinajstić information content (AvgIpc) is 2.49. The minimum absolute atomic E-state index is 0.253. The molecule has 0 bridgehead atoms. The number of nitro groups is 1. The van der Waals surface area contributed by atoms with Crippen LogP contribution in [0.1, 0.15) is 18.5 Å². The number of nitrogens with zero attached hydrogens (tertiary/aromatic N) is 2. The van der Waals surface area contributed by atoms with E-state index in [0.29, 0.717) is 5.02 Å². The maximum atomic E-state index is 12.1. The number of carbonyl (C=O) groups is 1. The normalized spacial score (nSPS) is 11.7. The van der Waals surface area contributed by atoms with Crippen molar-refractivity contribution >= 4 is 23.2 Å². The molecule has 1 N–H and O–H groups in total. The van der Waals surface area contributed by atoms with E-state index in [-0.39, 0.29) is 18.3 Å². The van der Waals surface area contributed by atoms with Crippen LogP contribution >= 0.6 is 11.6 Å². The van der Waals surface area contributed by atoms with Crippen molar-refractivity contribution in [1.29, 1.82) is 0 Å². The highest BCUT2D eigenvalue weighted by Crippen LogP contribution is 2.21. The maximum absolute atomic E-state index is 12.1. The van der Waals surface area contributed by atoms with Crippen LogP contribution in [0.5, 0.6) is 0 Å². The number of rotatable bonds is 5. The largest absolute Gasteiger partial charge is 0.348 e. The second-order valence-electron chi connectivity index (χ2n) is 4.92. The Morgan fingerprint density at radius 2 is 2.04 bits per heavy atom. The summed E-state index contributed by atoms with van der Waals surface area (Å²) in [4.78, 5) is 33.8. The Balaban J connectivity index is 2.11. The van der Waals surface area contributed by atoms with E-state index in [4.69, 9.17) is 11.6 Å². The van der Waals surface area contributed by atoms with Gasteiger partial charge in [0.25, 0.3) is 11.2 Å². The van der Waals surface area contributed by atoms with Gasteiger partial charge in [-0.15, -0.1) is 0 Å². The fraction of sp³-hybridized carbons (Fsp3) is 0.200. The van der Waals surface area contributed by atoms with Crippen LogP contribution in [0, 0.1) is 10.1 Å². The average molecular weight is 336 g/mol. The lowest BCUT2D eigenvalue weighted by Gasteiger charge is -2.16. The zero-order valence-corrected chi connectivity index (χ0v) is 13.0. The van der Waals surface area contributed by atoms with E-state index in [1.807, 2.05) is 0 Å². The van der Waals surface area contributed by atoms with Gasteiger partial charge >= 0.3 is 0 Å². The third-order valence-corrected chi connectivity index (χ3v) is 3.59. The molecule has 0 saturated carbocycles. The zero-order chi connectivity index (χ0) is 17.0.